The summed E-state index contributed by atoms with van der Waals surface area (Å²) in [4.78, 5) is 24.1. The second-order valence-corrected chi connectivity index (χ2v) is 4.37. The van der Waals surface area contributed by atoms with E-state index in [0.29, 0.717) is 24.9 Å². The lowest BCUT2D eigenvalue weighted by Gasteiger charge is -2.23. The predicted octanol–water partition coefficient (Wildman–Crippen LogP) is 1.72. The predicted molar refractivity (Wildman–Crippen MR) is 62.7 cm³/mol. The van der Waals surface area contributed by atoms with E-state index in [1.807, 2.05) is 6.92 Å². The summed E-state index contributed by atoms with van der Waals surface area (Å²) in [6.45, 7) is 2.45. The SMILES string of the molecule is CC(CCC=O)N1Cc2cc(O)ccc2C1=O. The summed E-state index contributed by atoms with van der Waals surface area (Å²) in [6, 6.07) is 4.84. The standard InChI is InChI=1S/C13H15NO3/c1-9(3-2-6-15)14-8-10-7-11(16)4-5-12(10)13(14)17/h4-7,9,16H,2-3,8H2,1H3. The Morgan fingerprint density at radius 3 is 3.00 bits per heavy atom. The van der Waals surface area contributed by atoms with Crippen LogP contribution in [0.5, 0.6) is 5.75 Å². The molecule has 1 amide bonds. The molecule has 0 aromatic heterocycles. The van der Waals surface area contributed by atoms with Crippen molar-refractivity contribution in [1.82, 2.24) is 4.90 Å². The lowest BCUT2D eigenvalue weighted by Crippen LogP contribution is -2.33. The average Bonchev–Trinajstić information content (AvgIpc) is 2.63. The van der Waals surface area contributed by atoms with Gasteiger partial charge in [0.1, 0.15) is 12.0 Å². The van der Waals surface area contributed by atoms with Crippen LogP contribution in [0.3, 0.4) is 0 Å². The van der Waals surface area contributed by atoms with E-state index in [0.717, 1.165) is 11.8 Å². The molecule has 4 heteroatoms. The van der Waals surface area contributed by atoms with Crippen LogP contribution in [-0.4, -0.2) is 28.2 Å². The summed E-state index contributed by atoms with van der Waals surface area (Å²) in [5.74, 6) is 0.164. The zero-order chi connectivity index (χ0) is 12.4. The smallest absolute Gasteiger partial charge is 0.254 e. The molecule has 1 aliphatic rings. The Balaban J connectivity index is 2.16. The van der Waals surface area contributed by atoms with E-state index < -0.39 is 0 Å². The summed E-state index contributed by atoms with van der Waals surface area (Å²) >= 11 is 0. The van der Waals surface area contributed by atoms with Gasteiger partial charge in [-0.3, -0.25) is 4.79 Å². The first-order valence-electron chi connectivity index (χ1n) is 5.70. The molecular formula is C13H15NO3. The average molecular weight is 233 g/mol. The number of amides is 1. The first-order chi connectivity index (χ1) is 8.13. The van der Waals surface area contributed by atoms with Crippen molar-refractivity contribution in [3.05, 3.63) is 29.3 Å². The summed E-state index contributed by atoms with van der Waals surface area (Å²) < 4.78 is 0. The minimum absolute atomic E-state index is 0.0154. The normalized spacial score (nSPS) is 15.8. The molecule has 1 heterocycles. The molecule has 17 heavy (non-hydrogen) atoms. The number of aromatic hydroxyl groups is 1. The Labute approximate surface area is 99.9 Å². The van der Waals surface area contributed by atoms with Crippen LogP contribution in [0.25, 0.3) is 0 Å². The maximum Gasteiger partial charge on any atom is 0.254 e. The Morgan fingerprint density at radius 1 is 1.53 bits per heavy atom. The van der Waals surface area contributed by atoms with Gasteiger partial charge in [0.05, 0.1) is 0 Å². The van der Waals surface area contributed by atoms with E-state index in [9.17, 15) is 14.7 Å². The third-order valence-electron chi connectivity index (χ3n) is 3.16. The third-order valence-corrected chi connectivity index (χ3v) is 3.16. The first-order valence-corrected chi connectivity index (χ1v) is 5.70. The number of hydrogen-bond acceptors (Lipinski definition) is 3. The van der Waals surface area contributed by atoms with E-state index in [4.69, 9.17) is 0 Å². The van der Waals surface area contributed by atoms with Crippen LogP contribution in [0.15, 0.2) is 18.2 Å². The van der Waals surface area contributed by atoms with E-state index in [1.54, 1.807) is 17.0 Å². The molecule has 0 aliphatic carbocycles. The summed E-state index contributed by atoms with van der Waals surface area (Å²) in [5.41, 5.74) is 1.51. The Bertz CT molecular complexity index is 456. The highest BCUT2D eigenvalue weighted by molar-refractivity contribution is 5.98. The molecule has 4 nitrogen and oxygen atoms in total. The van der Waals surface area contributed by atoms with Gasteiger partial charge in [-0.2, -0.15) is 0 Å². The molecule has 1 aromatic carbocycles. The number of hydrogen-bond donors (Lipinski definition) is 1. The van der Waals surface area contributed by atoms with Crippen LogP contribution < -0.4 is 0 Å². The molecule has 1 aromatic rings. The largest absolute Gasteiger partial charge is 0.508 e. The van der Waals surface area contributed by atoms with Crippen molar-refractivity contribution in [1.29, 1.82) is 0 Å². The van der Waals surface area contributed by atoms with Gasteiger partial charge in [-0.25, -0.2) is 0 Å². The summed E-state index contributed by atoms with van der Waals surface area (Å²) in [6.07, 6.45) is 2.01. The maximum atomic E-state index is 12.1. The number of rotatable bonds is 4. The molecule has 1 aliphatic heterocycles. The van der Waals surface area contributed by atoms with Crippen LogP contribution in [0, 0.1) is 0 Å². The molecule has 0 saturated carbocycles. The summed E-state index contributed by atoms with van der Waals surface area (Å²) in [7, 11) is 0. The van der Waals surface area contributed by atoms with Crippen LogP contribution >= 0.6 is 0 Å². The van der Waals surface area contributed by atoms with Gasteiger partial charge in [-0.15, -0.1) is 0 Å². The van der Waals surface area contributed by atoms with Crippen molar-refractivity contribution in [2.75, 3.05) is 0 Å². The van der Waals surface area contributed by atoms with Gasteiger partial charge in [-0.05, 0) is 37.1 Å². The van der Waals surface area contributed by atoms with Crippen LogP contribution in [0.4, 0.5) is 0 Å². The van der Waals surface area contributed by atoms with Crippen LogP contribution in [0.2, 0.25) is 0 Å². The first kappa shape index (κ1) is 11.6. The van der Waals surface area contributed by atoms with Crippen molar-refractivity contribution in [3.63, 3.8) is 0 Å². The molecular weight excluding hydrogens is 218 g/mol. The number of fused-ring (bicyclic) bond motifs is 1. The monoisotopic (exact) mass is 233 g/mol. The molecule has 1 unspecified atom stereocenters. The van der Waals surface area contributed by atoms with Gasteiger partial charge in [0, 0.05) is 24.6 Å². The zero-order valence-electron chi connectivity index (χ0n) is 9.72. The van der Waals surface area contributed by atoms with Gasteiger partial charge in [0.15, 0.2) is 0 Å². The second-order valence-electron chi connectivity index (χ2n) is 4.37. The summed E-state index contributed by atoms with van der Waals surface area (Å²) in [5, 5.41) is 9.37. The minimum atomic E-state index is -0.0154. The highest BCUT2D eigenvalue weighted by atomic mass is 16.3. The lowest BCUT2D eigenvalue weighted by molar-refractivity contribution is -0.108. The molecule has 0 radical (unpaired) electrons. The Kier molecular flexibility index (Phi) is 3.13. The van der Waals surface area contributed by atoms with Crippen molar-refractivity contribution < 1.29 is 14.7 Å². The third kappa shape index (κ3) is 2.16. The molecule has 90 valence electrons. The van der Waals surface area contributed by atoms with Crippen LogP contribution in [0.1, 0.15) is 35.7 Å². The van der Waals surface area contributed by atoms with Gasteiger partial charge in [-0.1, -0.05) is 0 Å². The van der Waals surface area contributed by atoms with E-state index in [-0.39, 0.29) is 17.7 Å². The highest BCUT2D eigenvalue weighted by Crippen LogP contribution is 2.28. The van der Waals surface area contributed by atoms with Crippen molar-refractivity contribution in [2.45, 2.75) is 32.4 Å². The molecule has 1 atom stereocenters. The molecule has 0 saturated heterocycles. The molecule has 1 N–H and O–H groups in total. The van der Waals surface area contributed by atoms with Gasteiger partial charge >= 0.3 is 0 Å². The van der Waals surface area contributed by atoms with Gasteiger partial charge in [0.2, 0.25) is 0 Å². The maximum absolute atomic E-state index is 12.1. The fraction of sp³-hybridized carbons (Fsp3) is 0.385. The number of benzene rings is 1. The Hall–Kier alpha value is -1.84. The minimum Gasteiger partial charge on any atom is -0.508 e. The van der Waals surface area contributed by atoms with E-state index >= 15 is 0 Å². The number of nitrogens with zero attached hydrogens (tertiary/aromatic N) is 1. The van der Waals surface area contributed by atoms with Crippen LogP contribution in [-0.2, 0) is 11.3 Å². The molecule has 0 spiro atoms. The lowest BCUT2D eigenvalue weighted by atomic mass is 10.1. The number of phenolic OH excluding ortho intramolecular Hbond substituents is 1. The van der Waals surface area contributed by atoms with Crippen molar-refractivity contribution in [3.8, 4) is 5.75 Å². The molecule has 0 bridgehead atoms. The Morgan fingerprint density at radius 2 is 2.29 bits per heavy atom. The zero-order valence-corrected chi connectivity index (χ0v) is 9.72. The number of carbonyl (C=O) groups is 2. The van der Waals surface area contributed by atoms with E-state index in [2.05, 4.69) is 0 Å². The van der Waals surface area contributed by atoms with Crippen molar-refractivity contribution in [2.24, 2.45) is 0 Å². The number of aldehydes is 1. The van der Waals surface area contributed by atoms with Gasteiger partial charge < -0.3 is 14.8 Å². The fourth-order valence-corrected chi connectivity index (χ4v) is 2.15. The van der Waals surface area contributed by atoms with Gasteiger partial charge in [0.25, 0.3) is 5.91 Å². The van der Waals surface area contributed by atoms with E-state index in [1.165, 1.54) is 6.07 Å². The second kappa shape index (κ2) is 4.57. The highest BCUT2D eigenvalue weighted by Gasteiger charge is 2.30. The van der Waals surface area contributed by atoms with Crippen molar-refractivity contribution >= 4 is 12.2 Å². The molecule has 2 rings (SSSR count). The molecule has 0 fully saturated rings. The quantitative estimate of drug-likeness (QED) is 0.805. The number of carbonyl (C=O) groups excluding carboxylic acids is 2. The topological polar surface area (TPSA) is 57.6 Å². The number of phenols is 1. The fourth-order valence-electron chi connectivity index (χ4n) is 2.15.